The van der Waals surface area contributed by atoms with Crippen LogP contribution in [0.3, 0.4) is 0 Å². The number of allylic oxidation sites excluding steroid dienone is 1. The van der Waals surface area contributed by atoms with Crippen LogP contribution in [0.15, 0.2) is 33.9 Å². The van der Waals surface area contributed by atoms with Gasteiger partial charge in [0.05, 0.1) is 12.8 Å². The highest BCUT2D eigenvalue weighted by Crippen LogP contribution is 2.47. The standard InChI is InChI=1S/C15H12ClNO6S2/c1-21-14-9(4-5-12(16)18)10(7-11-15(14)23-8-22-11)17-25(19,20)13-3-2-6-24-13/h2-7,17H,8H2,1H3/b5-4+. The Bertz CT molecular complexity index is 937. The van der Waals surface area contributed by atoms with Crippen molar-refractivity contribution in [3.8, 4) is 17.2 Å². The number of ether oxygens (including phenoxy) is 3. The zero-order valence-corrected chi connectivity index (χ0v) is 15.2. The summed E-state index contributed by atoms with van der Waals surface area (Å²) in [5, 5.41) is 0.939. The van der Waals surface area contributed by atoms with Gasteiger partial charge in [-0.25, -0.2) is 8.42 Å². The monoisotopic (exact) mass is 401 g/mol. The number of carbonyl (C=O) groups is 1. The van der Waals surface area contributed by atoms with E-state index in [-0.39, 0.29) is 22.4 Å². The zero-order valence-electron chi connectivity index (χ0n) is 12.8. The molecule has 0 amide bonds. The number of benzene rings is 1. The zero-order chi connectivity index (χ0) is 18.0. The highest BCUT2D eigenvalue weighted by Gasteiger charge is 2.27. The molecule has 1 N–H and O–H groups in total. The lowest BCUT2D eigenvalue weighted by Crippen LogP contribution is -2.12. The van der Waals surface area contributed by atoms with E-state index < -0.39 is 15.3 Å². The first kappa shape index (κ1) is 17.6. The number of hydrogen-bond acceptors (Lipinski definition) is 7. The molecule has 1 aromatic heterocycles. The summed E-state index contributed by atoms with van der Waals surface area (Å²) < 4.78 is 43.7. The van der Waals surface area contributed by atoms with Crippen molar-refractivity contribution in [3.05, 3.63) is 35.2 Å². The fourth-order valence-corrected chi connectivity index (χ4v) is 4.37. The van der Waals surface area contributed by atoms with Gasteiger partial charge in [-0.15, -0.1) is 11.3 Å². The van der Waals surface area contributed by atoms with E-state index in [9.17, 15) is 13.2 Å². The number of anilines is 1. The number of methoxy groups -OCH3 is 1. The average Bonchev–Trinajstić information content (AvgIpc) is 3.23. The van der Waals surface area contributed by atoms with Gasteiger partial charge in [0, 0.05) is 11.6 Å². The minimum absolute atomic E-state index is 0.0234. The van der Waals surface area contributed by atoms with Crippen LogP contribution < -0.4 is 18.9 Å². The average molecular weight is 402 g/mol. The number of nitrogens with one attached hydrogen (secondary N) is 1. The van der Waals surface area contributed by atoms with Crippen molar-refractivity contribution >= 4 is 50.0 Å². The van der Waals surface area contributed by atoms with Crippen LogP contribution in [0, 0.1) is 0 Å². The molecule has 1 aliphatic rings. The van der Waals surface area contributed by atoms with Gasteiger partial charge in [-0.2, -0.15) is 0 Å². The summed E-state index contributed by atoms with van der Waals surface area (Å²) >= 11 is 6.43. The summed E-state index contributed by atoms with van der Waals surface area (Å²) in [4.78, 5) is 11.1. The Balaban J connectivity index is 2.13. The van der Waals surface area contributed by atoms with Crippen molar-refractivity contribution in [1.29, 1.82) is 0 Å². The molecular formula is C15H12ClNO6S2. The second-order valence-corrected chi connectivity index (χ2v) is 8.01. The quantitative estimate of drug-likeness (QED) is 0.591. The summed E-state index contributed by atoms with van der Waals surface area (Å²) in [6.07, 6.45) is 2.44. The van der Waals surface area contributed by atoms with Gasteiger partial charge >= 0.3 is 0 Å². The van der Waals surface area contributed by atoms with Gasteiger partial charge in [-0.3, -0.25) is 9.52 Å². The Morgan fingerprint density at radius 2 is 2.24 bits per heavy atom. The lowest BCUT2D eigenvalue weighted by Gasteiger charge is -2.15. The van der Waals surface area contributed by atoms with Crippen LogP contribution in [0.4, 0.5) is 5.69 Å². The first-order valence-electron chi connectivity index (χ1n) is 6.87. The summed E-state index contributed by atoms with van der Waals surface area (Å²) in [6, 6.07) is 4.58. The van der Waals surface area contributed by atoms with Crippen molar-refractivity contribution in [2.45, 2.75) is 4.21 Å². The molecule has 25 heavy (non-hydrogen) atoms. The van der Waals surface area contributed by atoms with Gasteiger partial charge in [-0.1, -0.05) is 6.07 Å². The van der Waals surface area contributed by atoms with Crippen molar-refractivity contribution < 1.29 is 27.4 Å². The second-order valence-electron chi connectivity index (χ2n) is 4.78. The summed E-state index contributed by atoms with van der Waals surface area (Å²) in [7, 11) is -2.41. The van der Waals surface area contributed by atoms with E-state index in [1.54, 1.807) is 11.4 Å². The topological polar surface area (TPSA) is 90.9 Å². The van der Waals surface area contributed by atoms with Gasteiger partial charge in [-0.05, 0) is 35.2 Å². The van der Waals surface area contributed by atoms with Gasteiger partial charge in [0.15, 0.2) is 11.5 Å². The van der Waals surface area contributed by atoms with Crippen molar-refractivity contribution in [3.63, 3.8) is 0 Å². The van der Waals surface area contributed by atoms with Crippen LogP contribution >= 0.6 is 22.9 Å². The molecule has 0 saturated heterocycles. The Labute approximate surface area is 152 Å². The maximum Gasteiger partial charge on any atom is 0.271 e. The third-order valence-electron chi connectivity index (χ3n) is 3.25. The molecule has 0 saturated carbocycles. The van der Waals surface area contributed by atoms with E-state index in [1.165, 1.54) is 25.3 Å². The number of rotatable bonds is 6. The van der Waals surface area contributed by atoms with Gasteiger partial charge in [0.25, 0.3) is 10.0 Å². The molecule has 1 aliphatic heterocycles. The molecule has 0 atom stereocenters. The number of carbonyl (C=O) groups excluding carboxylic acids is 1. The Hall–Kier alpha value is -2.23. The van der Waals surface area contributed by atoms with Crippen LogP contribution in [0.1, 0.15) is 5.56 Å². The molecule has 0 unspecified atom stereocenters. The molecule has 132 valence electrons. The minimum atomic E-state index is -3.81. The summed E-state index contributed by atoms with van der Waals surface area (Å²) in [5.74, 6) is 0.881. The molecule has 1 aromatic carbocycles. The SMILES string of the molecule is COc1c(/C=C/C(=O)Cl)c(NS(=O)(=O)c2cccs2)cc2c1OCO2. The molecule has 10 heteroatoms. The summed E-state index contributed by atoms with van der Waals surface area (Å²) in [5.41, 5.74) is 0.463. The van der Waals surface area contributed by atoms with Gasteiger partial charge < -0.3 is 14.2 Å². The Kier molecular flexibility index (Phi) is 4.89. The van der Waals surface area contributed by atoms with E-state index >= 15 is 0 Å². The number of hydrogen-bond donors (Lipinski definition) is 1. The molecule has 2 aromatic rings. The van der Waals surface area contributed by atoms with E-state index in [1.807, 2.05) is 0 Å². The van der Waals surface area contributed by atoms with Crippen molar-refractivity contribution in [2.24, 2.45) is 0 Å². The van der Waals surface area contributed by atoms with E-state index in [4.69, 9.17) is 25.8 Å². The highest BCUT2D eigenvalue weighted by molar-refractivity contribution is 7.94. The third-order valence-corrected chi connectivity index (χ3v) is 6.14. The number of sulfonamides is 1. The smallest absolute Gasteiger partial charge is 0.271 e. The third kappa shape index (κ3) is 3.58. The molecule has 0 bridgehead atoms. The van der Waals surface area contributed by atoms with Crippen LogP contribution in [0.5, 0.6) is 17.2 Å². The van der Waals surface area contributed by atoms with E-state index in [2.05, 4.69) is 4.72 Å². The number of halogens is 1. The van der Waals surface area contributed by atoms with Gasteiger partial charge in [0.1, 0.15) is 4.21 Å². The summed E-state index contributed by atoms with van der Waals surface area (Å²) in [6.45, 7) is -0.0234. The maximum absolute atomic E-state index is 12.5. The molecule has 0 radical (unpaired) electrons. The van der Waals surface area contributed by atoms with Crippen molar-refractivity contribution in [1.82, 2.24) is 0 Å². The number of fused-ring (bicyclic) bond motifs is 1. The van der Waals surface area contributed by atoms with Gasteiger partial charge in [0.2, 0.25) is 17.8 Å². The number of thiophene rings is 1. The Morgan fingerprint density at radius 3 is 2.88 bits per heavy atom. The largest absolute Gasteiger partial charge is 0.492 e. The van der Waals surface area contributed by atoms with E-state index in [0.717, 1.165) is 17.4 Å². The Morgan fingerprint density at radius 1 is 1.44 bits per heavy atom. The molecule has 0 fully saturated rings. The van der Waals surface area contributed by atoms with Crippen LogP contribution in [0.2, 0.25) is 0 Å². The normalized spacial score (nSPS) is 13.2. The predicted octanol–water partition coefficient (Wildman–Crippen LogP) is 3.06. The second kappa shape index (κ2) is 6.95. The highest BCUT2D eigenvalue weighted by atomic mass is 35.5. The lowest BCUT2D eigenvalue weighted by molar-refractivity contribution is -0.107. The van der Waals surface area contributed by atoms with Crippen molar-refractivity contribution in [2.75, 3.05) is 18.6 Å². The fourth-order valence-electron chi connectivity index (χ4n) is 2.24. The predicted molar refractivity (Wildman–Crippen MR) is 94.1 cm³/mol. The lowest BCUT2D eigenvalue weighted by atomic mass is 10.1. The van der Waals surface area contributed by atoms with Crippen LogP contribution in [0.25, 0.3) is 6.08 Å². The van der Waals surface area contributed by atoms with Crippen LogP contribution in [-0.2, 0) is 14.8 Å². The fraction of sp³-hybridized carbons (Fsp3) is 0.133. The van der Waals surface area contributed by atoms with Crippen LogP contribution in [-0.4, -0.2) is 27.6 Å². The molecule has 0 spiro atoms. The molecule has 3 rings (SSSR count). The van der Waals surface area contributed by atoms with E-state index in [0.29, 0.717) is 17.1 Å². The first-order valence-corrected chi connectivity index (χ1v) is 9.61. The first-order chi connectivity index (χ1) is 11.9. The maximum atomic E-state index is 12.5. The molecule has 2 heterocycles. The minimum Gasteiger partial charge on any atom is -0.492 e. The molecule has 7 nitrogen and oxygen atoms in total. The molecular weight excluding hydrogens is 390 g/mol. The molecule has 0 aliphatic carbocycles.